The molecule has 152 valence electrons. The lowest BCUT2D eigenvalue weighted by Crippen LogP contribution is -2.10. The number of fused-ring (bicyclic) bond motifs is 1. The van der Waals surface area contributed by atoms with E-state index in [2.05, 4.69) is 10.3 Å². The molecule has 1 aliphatic rings. The lowest BCUT2D eigenvalue weighted by molar-refractivity contribution is -0.107. The monoisotopic (exact) mass is 430 g/mol. The molecular formula is C23H14N2O5S. The van der Waals surface area contributed by atoms with Crippen LogP contribution >= 0.6 is 11.8 Å². The van der Waals surface area contributed by atoms with Gasteiger partial charge in [0.25, 0.3) is 5.24 Å². The van der Waals surface area contributed by atoms with Crippen molar-refractivity contribution in [1.29, 1.82) is 0 Å². The molecule has 1 aliphatic heterocycles. The molecule has 1 N–H and O–H groups in total. The van der Waals surface area contributed by atoms with E-state index in [4.69, 9.17) is 8.83 Å². The number of aromatic nitrogens is 1. The fourth-order valence-electron chi connectivity index (χ4n) is 3.28. The van der Waals surface area contributed by atoms with E-state index in [-0.39, 0.29) is 28.0 Å². The van der Waals surface area contributed by atoms with Crippen molar-refractivity contribution >= 4 is 44.9 Å². The van der Waals surface area contributed by atoms with Gasteiger partial charge in [-0.15, -0.1) is 0 Å². The van der Waals surface area contributed by atoms with Crippen molar-refractivity contribution in [2.24, 2.45) is 0 Å². The number of furan rings is 1. The lowest BCUT2D eigenvalue weighted by atomic mass is 10.1. The molecule has 0 saturated carbocycles. The molecule has 2 aromatic carbocycles. The van der Waals surface area contributed by atoms with Crippen LogP contribution in [0, 0.1) is 6.92 Å². The third kappa shape index (κ3) is 3.57. The van der Waals surface area contributed by atoms with Gasteiger partial charge in [0.2, 0.25) is 16.8 Å². The lowest BCUT2D eigenvalue weighted by Gasteiger charge is -1.96. The minimum atomic E-state index is -0.397. The van der Waals surface area contributed by atoms with Crippen LogP contribution in [0.5, 0.6) is 0 Å². The number of oxazole rings is 1. The van der Waals surface area contributed by atoms with Crippen molar-refractivity contribution in [3.05, 3.63) is 83.1 Å². The first-order valence-electron chi connectivity index (χ1n) is 9.34. The van der Waals surface area contributed by atoms with E-state index in [1.165, 1.54) is 0 Å². The van der Waals surface area contributed by atoms with Crippen LogP contribution in [0.3, 0.4) is 0 Å². The van der Waals surface area contributed by atoms with Gasteiger partial charge in [-0.25, -0.2) is 4.98 Å². The smallest absolute Gasteiger partial charge is 0.291 e. The summed E-state index contributed by atoms with van der Waals surface area (Å²) in [7, 11) is 0. The normalized spacial score (nSPS) is 15.1. The van der Waals surface area contributed by atoms with E-state index in [0.29, 0.717) is 39.9 Å². The Kier molecular flexibility index (Phi) is 4.56. The van der Waals surface area contributed by atoms with E-state index in [1.807, 2.05) is 30.3 Å². The zero-order chi connectivity index (χ0) is 21.5. The fraction of sp³-hybridized carbons (Fsp3) is 0.0435. The molecule has 1 saturated heterocycles. The molecule has 2 aromatic heterocycles. The first-order chi connectivity index (χ1) is 15.0. The van der Waals surface area contributed by atoms with Crippen molar-refractivity contribution < 1.29 is 23.2 Å². The Balaban J connectivity index is 1.46. The molecule has 5 rings (SSSR count). The van der Waals surface area contributed by atoms with Crippen molar-refractivity contribution in [2.45, 2.75) is 6.92 Å². The maximum Gasteiger partial charge on any atom is 0.291 e. The Morgan fingerprint density at radius 1 is 1.06 bits per heavy atom. The molecule has 8 heteroatoms. The summed E-state index contributed by atoms with van der Waals surface area (Å²) < 4.78 is 11.4. The van der Waals surface area contributed by atoms with Crippen LogP contribution in [-0.4, -0.2) is 21.1 Å². The van der Waals surface area contributed by atoms with Gasteiger partial charge < -0.3 is 14.2 Å². The summed E-state index contributed by atoms with van der Waals surface area (Å²) in [6, 6.07) is 16.2. The zero-order valence-corrected chi connectivity index (χ0v) is 17.0. The average molecular weight is 430 g/mol. The Bertz CT molecular complexity index is 1400. The van der Waals surface area contributed by atoms with Gasteiger partial charge in [-0.05, 0) is 48.9 Å². The van der Waals surface area contributed by atoms with Gasteiger partial charge in [0.05, 0.1) is 5.70 Å². The van der Waals surface area contributed by atoms with E-state index in [1.54, 1.807) is 37.3 Å². The van der Waals surface area contributed by atoms with Crippen molar-refractivity contribution in [1.82, 2.24) is 10.3 Å². The summed E-state index contributed by atoms with van der Waals surface area (Å²) >= 11 is 0.622. The molecule has 0 spiro atoms. The summed E-state index contributed by atoms with van der Waals surface area (Å²) in [5, 5.41) is 2.47. The number of nitrogens with one attached hydrogen (secondary N) is 1. The number of amides is 1. The number of hydrogen-bond acceptors (Lipinski definition) is 7. The molecule has 1 amide bonds. The highest BCUT2D eigenvalue weighted by molar-refractivity contribution is 8.27. The number of carbonyl (C=O) groups is 3. The molecule has 1 fully saturated rings. The van der Waals surface area contributed by atoms with E-state index < -0.39 is 5.24 Å². The topological polar surface area (TPSA) is 102 Å². The number of ketones is 1. The van der Waals surface area contributed by atoms with Crippen LogP contribution in [0.25, 0.3) is 28.5 Å². The molecule has 0 atom stereocenters. The fourth-order valence-corrected chi connectivity index (χ4v) is 3.83. The third-order valence-corrected chi connectivity index (χ3v) is 5.44. The van der Waals surface area contributed by atoms with Crippen LogP contribution in [0.2, 0.25) is 0 Å². The Morgan fingerprint density at radius 3 is 2.61 bits per heavy atom. The van der Waals surface area contributed by atoms with E-state index >= 15 is 0 Å². The Morgan fingerprint density at radius 2 is 1.87 bits per heavy atom. The second kappa shape index (κ2) is 7.41. The van der Waals surface area contributed by atoms with Crippen molar-refractivity contribution in [3.8, 4) is 11.5 Å². The third-order valence-electron chi connectivity index (χ3n) is 4.75. The highest BCUT2D eigenvalue weighted by Crippen LogP contribution is 2.28. The summed E-state index contributed by atoms with van der Waals surface area (Å²) in [6.45, 7) is 1.69. The second-order valence-electron chi connectivity index (χ2n) is 6.89. The minimum Gasteiger partial charge on any atom is -0.453 e. The molecular weight excluding hydrogens is 416 g/mol. The van der Waals surface area contributed by atoms with Gasteiger partial charge in [-0.2, -0.15) is 0 Å². The van der Waals surface area contributed by atoms with Crippen LogP contribution in [0.1, 0.15) is 27.6 Å². The van der Waals surface area contributed by atoms with E-state index in [0.717, 1.165) is 5.56 Å². The van der Waals surface area contributed by atoms with Crippen LogP contribution in [0.4, 0.5) is 4.79 Å². The number of nitrogens with zero attached hydrogens (tertiary/aromatic N) is 1. The zero-order valence-electron chi connectivity index (χ0n) is 16.2. The van der Waals surface area contributed by atoms with Crippen LogP contribution < -0.4 is 5.32 Å². The van der Waals surface area contributed by atoms with E-state index in [9.17, 15) is 14.4 Å². The minimum absolute atomic E-state index is 0.136. The number of aryl methyl sites for hydroxylation is 1. The predicted octanol–water partition coefficient (Wildman–Crippen LogP) is 4.95. The summed E-state index contributed by atoms with van der Waals surface area (Å²) in [5.74, 6) is 0.529. The first kappa shape index (κ1) is 19.1. The Labute approximate surface area is 180 Å². The molecule has 7 nitrogen and oxygen atoms in total. The van der Waals surface area contributed by atoms with Crippen LogP contribution in [0.15, 0.2) is 69.1 Å². The first-order valence-corrected chi connectivity index (χ1v) is 10.2. The number of thioether (sulfide) groups is 1. The summed E-state index contributed by atoms with van der Waals surface area (Å²) in [4.78, 5) is 40.5. The molecule has 0 aliphatic carbocycles. The molecule has 31 heavy (non-hydrogen) atoms. The highest BCUT2D eigenvalue weighted by atomic mass is 32.2. The quantitative estimate of drug-likeness (QED) is 0.361. The maximum atomic E-state index is 13.0. The summed E-state index contributed by atoms with van der Waals surface area (Å²) in [6.07, 6.45) is 1.59. The molecule has 0 radical (unpaired) electrons. The molecule has 3 heterocycles. The molecule has 0 unspecified atom stereocenters. The number of hydrogen-bond donors (Lipinski definition) is 1. The van der Waals surface area contributed by atoms with Gasteiger partial charge in [-0.3, -0.25) is 14.4 Å². The second-order valence-corrected chi connectivity index (χ2v) is 7.83. The van der Waals surface area contributed by atoms with Gasteiger partial charge in [0.15, 0.2) is 11.5 Å². The summed E-state index contributed by atoms with van der Waals surface area (Å²) in [5.41, 5.74) is 2.41. The van der Waals surface area contributed by atoms with Gasteiger partial charge >= 0.3 is 0 Å². The average Bonchev–Trinajstić information content (AvgIpc) is 3.44. The van der Waals surface area contributed by atoms with Crippen LogP contribution in [-0.2, 0) is 4.79 Å². The molecule has 4 aromatic rings. The van der Waals surface area contributed by atoms with Gasteiger partial charge in [0.1, 0.15) is 11.3 Å². The number of rotatable bonds is 4. The van der Waals surface area contributed by atoms with Gasteiger partial charge in [-0.1, -0.05) is 24.3 Å². The van der Waals surface area contributed by atoms with Gasteiger partial charge in [0, 0.05) is 22.7 Å². The number of carbonyl (C=O) groups excluding carboxylic acids is 3. The number of benzene rings is 2. The standard InChI is InChI=1S/C23H14N2O5S/c1-12-19(25-21(29-12)14-5-3-2-4-6-14)20(26)18-11-15-9-13(7-8-17(15)30-18)10-16-22(27)31-23(28)24-16/h2-11H,1H3,(H,24,28). The SMILES string of the molecule is Cc1oc(-c2ccccc2)nc1C(=O)c1cc2cc(C=C3NC(=O)SC3=O)ccc2o1. The highest BCUT2D eigenvalue weighted by Gasteiger charge is 2.26. The maximum absolute atomic E-state index is 13.0. The largest absolute Gasteiger partial charge is 0.453 e. The van der Waals surface area contributed by atoms with Crippen molar-refractivity contribution in [2.75, 3.05) is 0 Å². The predicted molar refractivity (Wildman–Crippen MR) is 115 cm³/mol. The molecule has 0 bridgehead atoms. The Hall–Kier alpha value is -3.91. The van der Waals surface area contributed by atoms with Crippen molar-refractivity contribution in [3.63, 3.8) is 0 Å².